The highest BCUT2D eigenvalue weighted by molar-refractivity contribution is 7.80. The Morgan fingerprint density at radius 3 is 2.39 bits per heavy atom. The minimum absolute atomic E-state index is 0.144. The quantitative estimate of drug-likeness (QED) is 0.770. The number of hydrogen-bond acceptors (Lipinski definition) is 2. The summed E-state index contributed by atoms with van der Waals surface area (Å²) in [6, 6.07) is 16.4. The maximum absolute atomic E-state index is 5.69. The first-order valence-electron chi connectivity index (χ1n) is 7.85. The van der Waals surface area contributed by atoms with Crippen molar-refractivity contribution < 1.29 is 4.74 Å². The van der Waals surface area contributed by atoms with Crippen molar-refractivity contribution in [2.24, 2.45) is 0 Å². The van der Waals surface area contributed by atoms with Crippen molar-refractivity contribution in [3.63, 3.8) is 0 Å². The molecule has 0 aliphatic heterocycles. The van der Waals surface area contributed by atoms with Gasteiger partial charge in [0.25, 0.3) is 0 Å². The predicted octanol–water partition coefficient (Wildman–Crippen LogP) is 4.83. The second-order valence-electron chi connectivity index (χ2n) is 5.93. The molecule has 0 aliphatic rings. The highest BCUT2D eigenvalue weighted by Gasteiger charge is 2.07. The van der Waals surface area contributed by atoms with Crippen molar-refractivity contribution in [3.8, 4) is 5.75 Å². The second-order valence-corrected chi connectivity index (χ2v) is 6.33. The summed E-state index contributed by atoms with van der Waals surface area (Å²) in [6.07, 6.45) is 0.150. The van der Waals surface area contributed by atoms with Gasteiger partial charge in [-0.3, -0.25) is 0 Å². The average Bonchev–Trinajstić information content (AvgIpc) is 2.47. The van der Waals surface area contributed by atoms with E-state index in [9.17, 15) is 0 Å². The molecule has 0 fully saturated rings. The van der Waals surface area contributed by atoms with E-state index in [2.05, 4.69) is 48.7 Å². The molecule has 122 valence electrons. The van der Waals surface area contributed by atoms with Crippen LogP contribution in [0, 0.1) is 6.92 Å². The van der Waals surface area contributed by atoms with Gasteiger partial charge < -0.3 is 15.4 Å². The predicted molar refractivity (Wildman–Crippen MR) is 101 cm³/mol. The zero-order valence-electron chi connectivity index (χ0n) is 14.1. The molecule has 0 radical (unpaired) electrons. The second kappa shape index (κ2) is 7.97. The molecule has 2 aromatic rings. The van der Waals surface area contributed by atoms with Crippen molar-refractivity contribution in [1.82, 2.24) is 5.32 Å². The maximum Gasteiger partial charge on any atom is 0.171 e. The molecule has 0 spiro atoms. The molecule has 3 nitrogen and oxygen atoms in total. The first-order chi connectivity index (χ1) is 10.9. The van der Waals surface area contributed by atoms with Crippen LogP contribution in [0.4, 0.5) is 5.69 Å². The van der Waals surface area contributed by atoms with Crippen LogP contribution < -0.4 is 15.4 Å². The summed E-state index contributed by atoms with van der Waals surface area (Å²) in [6.45, 7) is 8.20. The van der Waals surface area contributed by atoms with Crippen LogP contribution >= 0.6 is 12.2 Å². The van der Waals surface area contributed by atoms with Crippen molar-refractivity contribution in [2.75, 3.05) is 5.32 Å². The molecule has 0 aromatic heterocycles. The van der Waals surface area contributed by atoms with E-state index in [-0.39, 0.29) is 12.1 Å². The van der Waals surface area contributed by atoms with Gasteiger partial charge in [-0.25, -0.2) is 0 Å². The molecule has 2 N–H and O–H groups in total. The zero-order valence-corrected chi connectivity index (χ0v) is 14.9. The van der Waals surface area contributed by atoms with E-state index in [0.29, 0.717) is 5.11 Å². The fraction of sp³-hybridized carbons (Fsp3) is 0.316. The van der Waals surface area contributed by atoms with Gasteiger partial charge in [-0.15, -0.1) is 0 Å². The molecule has 4 heteroatoms. The fourth-order valence-corrected chi connectivity index (χ4v) is 2.52. The summed E-state index contributed by atoms with van der Waals surface area (Å²) >= 11 is 5.41. The van der Waals surface area contributed by atoms with Crippen LogP contribution in [0.25, 0.3) is 0 Å². The molecule has 0 unspecified atom stereocenters. The number of hydrogen-bond donors (Lipinski definition) is 2. The zero-order chi connectivity index (χ0) is 16.8. The van der Waals surface area contributed by atoms with Crippen LogP contribution in [0.1, 0.15) is 37.9 Å². The standard InChI is InChI=1S/C19H24N2OS/c1-13(2)22-18-7-5-6-17(12-18)21-19(23)20-15(4)16-10-8-14(3)9-11-16/h5-13,15H,1-4H3,(H2,20,21,23)/t15-/m1/s1. The van der Waals surface area contributed by atoms with Gasteiger partial charge in [0.05, 0.1) is 12.1 Å². The van der Waals surface area contributed by atoms with Crippen molar-refractivity contribution >= 4 is 23.0 Å². The minimum Gasteiger partial charge on any atom is -0.491 e. The Kier molecular flexibility index (Phi) is 5.99. The molecule has 0 amide bonds. The van der Waals surface area contributed by atoms with Gasteiger partial charge in [-0.1, -0.05) is 35.9 Å². The third-order valence-electron chi connectivity index (χ3n) is 3.39. The summed E-state index contributed by atoms with van der Waals surface area (Å²) in [5, 5.41) is 7.11. The Balaban J connectivity index is 1.95. The number of rotatable bonds is 5. The van der Waals surface area contributed by atoms with E-state index in [4.69, 9.17) is 17.0 Å². The van der Waals surface area contributed by atoms with E-state index >= 15 is 0 Å². The molecule has 0 bridgehead atoms. The highest BCUT2D eigenvalue weighted by Crippen LogP contribution is 2.19. The van der Waals surface area contributed by atoms with Gasteiger partial charge in [0, 0.05) is 11.8 Å². The molecule has 2 aromatic carbocycles. The van der Waals surface area contributed by atoms with Crippen molar-refractivity contribution in [2.45, 2.75) is 39.8 Å². The van der Waals surface area contributed by atoms with Gasteiger partial charge >= 0.3 is 0 Å². The fourth-order valence-electron chi connectivity index (χ4n) is 2.22. The smallest absolute Gasteiger partial charge is 0.171 e. The summed E-state index contributed by atoms with van der Waals surface area (Å²) in [7, 11) is 0. The van der Waals surface area contributed by atoms with Crippen molar-refractivity contribution in [1.29, 1.82) is 0 Å². The number of anilines is 1. The van der Waals surface area contributed by atoms with Crippen LogP contribution in [-0.2, 0) is 0 Å². The lowest BCUT2D eigenvalue weighted by molar-refractivity contribution is 0.242. The highest BCUT2D eigenvalue weighted by atomic mass is 32.1. The number of ether oxygens (including phenoxy) is 1. The SMILES string of the molecule is Cc1ccc([C@@H](C)NC(=S)Nc2cccc(OC(C)C)c2)cc1. The number of nitrogens with one attached hydrogen (secondary N) is 2. The van der Waals surface area contributed by atoms with E-state index < -0.39 is 0 Å². The van der Waals surface area contributed by atoms with Gasteiger partial charge in [0.2, 0.25) is 0 Å². The number of aryl methyl sites for hydroxylation is 1. The van der Waals surface area contributed by atoms with Crippen LogP contribution in [0.2, 0.25) is 0 Å². The third kappa shape index (κ3) is 5.57. The minimum atomic E-state index is 0.144. The summed E-state index contributed by atoms with van der Waals surface area (Å²) in [4.78, 5) is 0. The van der Waals surface area contributed by atoms with Gasteiger partial charge in [0.1, 0.15) is 5.75 Å². The van der Waals surface area contributed by atoms with Crippen LogP contribution in [0.3, 0.4) is 0 Å². The normalized spacial score (nSPS) is 11.9. The molecule has 0 heterocycles. The Morgan fingerprint density at radius 1 is 1.04 bits per heavy atom. The van der Waals surface area contributed by atoms with E-state index in [1.54, 1.807) is 0 Å². The largest absolute Gasteiger partial charge is 0.491 e. The molecule has 23 heavy (non-hydrogen) atoms. The Bertz CT molecular complexity index is 653. The summed E-state index contributed by atoms with van der Waals surface area (Å²) in [5.74, 6) is 0.833. The third-order valence-corrected chi connectivity index (χ3v) is 3.61. The molecule has 0 saturated heterocycles. The average molecular weight is 328 g/mol. The molecule has 0 aliphatic carbocycles. The summed E-state index contributed by atoms with van der Waals surface area (Å²) < 4.78 is 5.69. The van der Waals surface area contributed by atoms with Gasteiger partial charge in [-0.2, -0.15) is 0 Å². The first kappa shape index (κ1) is 17.3. The molecule has 2 rings (SSSR count). The molecular formula is C19H24N2OS. The maximum atomic E-state index is 5.69. The summed E-state index contributed by atoms with van der Waals surface area (Å²) in [5.41, 5.74) is 3.37. The number of thiocarbonyl (C=S) groups is 1. The van der Waals surface area contributed by atoms with E-state index in [1.807, 2.05) is 38.1 Å². The Morgan fingerprint density at radius 2 is 1.74 bits per heavy atom. The van der Waals surface area contributed by atoms with Crippen LogP contribution in [-0.4, -0.2) is 11.2 Å². The first-order valence-corrected chi connectivity index (χ1v) is 8.25. The Hall–Kier alpha value is -2.07. The van der Waals surface area contributed by atoms with Crippen molar-refractivity contribution in [3.05, 3.63) is 59.7 Å². The lowest BCUT2D eigenvalue weighted by atomic mass is 10.1. The monoisotopic (exact) mass is 328 g/mol. The van der Waals surface area contributed by atoms with Gasteiger partial charge in [-0.05, 0) is 57.6 Å². The number of benzene rings is 2. The van der Waals surface area contributed by atoms with E-state index in [1.165, 1.54) is 11.1 Å². The Labute approximate surface area is 144 Å². The van der Waals surface area contributed by atoms with Crippen LogP contribution in [0.5, 0.6) is 5.75 Å². The molecular weight excluding hydrogens is 304 g/mol. The molecule has 0 saturated carbocycles. The lowest BCUT2D eigenvalue weighted by Crippen LogP contribution is -2.30. The van der Waals surface area contributed by atoms with E-state index in [0.717, 1.165) is 11.4 Å². The van der Waals surface area contributed by atoms with Crippen LogP contribution in [0.15, 0.2) is 48.5 Å². The topological polar surface area (TPSA) is 33.3 Å². The lowest BCUT2D eigenvalue weighted by Gasteiger charge is -2.18. The molecule has 1 atom stereocenters. The van der Waals surface area contributed by atoms with Gasteiger partial charge in [0.15, 0.2) is 5.11 Å².